The Morgan fingerprint density at radius 2 is 2.00 bits per heavy atom. The molecule has 0 bridgehead atoms. The van der Waals surface area contributed by atoms with Crippen molar-refractivity contribution in [2.24, 2.45) is 7.05 Å². The third kappa shape index (κ3) is 3.65. The molecule has 0 aliphatic carbocycles. The second-order valence-electron chi connectivity index (χ2n) is 5.43. The largest absolute Gasteiger partial charge is 0.493 e. The number of nitrogens with one attached hydrogen (secondary N) is 1. The van der Waals surface area contributed by atoms with Crippen LogP contribution in [0.3, 0.4) is 0 Å². The van der Waals surface area contributed by atoms with Crippen molar-refractivity contribution in [3.8, 4) is 17.4 Å². The Labute approximate surface area is 145 Å². The monoisotopic (exact) mass is 341 g/mol. The van der Waals surface area contributed by atoms with Crippen LogP contribution in [-0.4, -0.2) is 22.8 Å². The van der Waals surface area contributed by atoms with E-state index in [-0.39, 0.29) is 17.6 Å². The summed E-state index contributed by atoms with van der Waals surface area (Å²) in [5, 5.41) is 6.95. The molecular formula is C18H19N3O4. The molecule has 1 N–H and O–H groups in total. The minimum Gasteiger partial charge on any atom is -0.493 e. The first-order valence-corrected chi connectivity index (χ1v) is 7.75. The van der Waals surface area contributed by atoms with E-state index in [4.69, 9.17) is 13.9 Å². The minimum absolute atomic E-state index is 0.173. The van der Waals surface area contributed by atoms with Crippen LogP contribution in [0, 0.1) is 6.92 Å². The van der Waals surface area contributed by atoms with Crippen LogP contribution in [0.15, 0.2) is 47.0 Å². The number of carbonyl (C=O) groups is 1. The molecule has 2 aromatic heterocycles. The van der Waals surface area contributed by atoms with E-state index >= 15 is 0 Å². The van der Waals surface area contributed by atoms with Gasteiger partial charge in [-0.3, -0.25) is 9.48 Å². The lowest BCUT2D eigenvalue weighted by Gasteiger charge is -2.07. The predicted octanol–water partition coefficient (Wildman–Crippen LogP) is 3.05. The zero-order valence-corrected chi connectivity index (χ0v) is 14.3. The van der Waals surface area contributed by atoms with Gasteiger partial charge in [-0.15, -0.1) is 0 Å². The van der Waals surface area contributed by atoms with Gasteiger partial charge in [-0.1, -0.05) is 12.1 Å². The Balaban J connectivity index is 1.64. The molecule has 3 rings (SSSR count). The van der Waals surface area contributed by atoms with Crippen molar-refractivity contribution in [2.45, 2.75) is 13.5 Å². The van der Waals surface area contributed by atoms with Gasteiger partial charge in [0, 0.05) is 30.9 Å². The highest BCUT2D eigenvalue weighted by molar-refractivity contribution is 5.91. The molecule has 0 spiro atoms. The summed E-state index contributed by atoms with van der Waals surface area (Å²) < 4.78 is 18.1. The molecule has 0 radical (unpaired) electrons. The van der Waals surface area contributed by atoms with Crippen LogP contribution < -0.4 is 14.8 Å². The Bertz CT molecular complexity index is 882. The number of furan rings is 1. The molecule has 0 saturated carbocycles. The molecule has 0 saturated heterocycles. The summed E-state index contributed by atoms with van der Waals surface area (Å²) in [6.07, 6.45) is 1.73. The molecule has 1 aromatic carbocycles. The highest BCUT2D eigenvalue weighted by Crippen LogP contribution is 2.31. The maximum Gasteiger partial charge on any atom is 0.290 e. The number of aromatic nitrogens is 2. The van der Waals surface area contributed by atoms with Gasteiger partial charge in [-0.25, -0.2) is 0 Å². The van der Waals surface area contributed by atoms with E-state index in [0.717, 1.165) is 11.3 Å². The fourth-order valence-electron chi connectivity index (χ4n) is 2.29. The first-order valence-electron chi connectivity index (χ1n) is 7.75. The molecule has 7 nitrogen and oxygen atoms in total. The van der Waals surface area contributed by atoms with Crippen molar-refractivity contribution in [2.75, 3.05) is 7.11 Å². The summed E-state index contributed by atoms with van der Waals surface area (Å²) in [5.41, 5.74) is 1.95. The normalized spacial score (nSPS) is 10.5. The maximum atomic E-state index is 12.2. The fourth-order valence-corrected chi connectivity index (χ4v) is 2.29. The molecule has 7 heteroatoms. The molecule has 0 atom stereocenters. The Morgan fingerprint density at radius 3 is 2.68 bits per heavy atom. The van der Waals surface area contributed by atoms with Gasteiger partial charge >= 0.3 is 0 Å². The Kier molecular flexibility index (Phi) is 4.74. The zero-order valence-electron chi connectivity index (χ0n) is 14.3. The molecule has 0 aliphatic rings. The van der Waals surface area contributed by atoms with Gasteiger partial charge in [0.2, 0.25) is 0 Å². The van der Waals surface area contributed by atoms with E-state index in [0.29, 0.717) is 18.0 Å². The number of rotatable bonds is 6. The molecular weight excluding hydrogens is 322 g/mol. The Morgan fingerprint density at radius 1 is 1.24 bits per heavy atom. The summed E-state index contributed by atoms with van der Waals surface area (Å²) in [6, 6.07) is 10.4. The van der Waals surface area contributed by atoms with Crippen molar-refractivity contribution < 1.29 is 18.7 Å². The van der Waals surface area contributed by atoms with Crippen molar-refractivity contribution >= 4 is 5.91 Å². The summed E-state index contributed by atoms with van der Waals surface area (Å²) >= 11 is 0. The zero-order chi connectivity index (χ0) is 17.8. The Hall–Kier alpha value is -3.22. The lowest BCUT2D eigenvalue weighted by molar-refractivity contribution is 0.0918. The number of benzene rings is 1. The topological polar surface area (TPSA) is 78.5 Å². The summed E-state index contributed by atoms with van der Waals surface area (Å²) in [5.74, 6) is 1.16. The lowest BCUT2D eigenvalue weighted by atomic mass is 10.2. The van der Waals surface area contributed by atoms with Crippen LogP contribution in [0.5, 0.6) is 17.4 Å². The van der Waals surface area contributed by atoms with E-state index in [2.05, 4.69) is 10.4 Å². The van der Waals surface area contributed by atoms with Crippen LogP contribution in [0.25, 0.3) is 0 Å². The van der Waals surface area contributed by atoms with Gasteiger partial charge < -0.3 is 19.2 Å². The van der Waals surface area contributed by atoms with E-state index in [1.165, 1.54) is 0 Å². The number of ether oxygens (including phenoxy) is 2. The molecule has 0 unspecified atom stereocenters. The molecule has 25 heavy (non-hydrogen) atoms. The summed E-state index contributed by atoms with van der Waals surface area (Å²) in [7, 11) is 3.41. The van der Waals surface area contributed by atoms with E-state index < -0.39 is 0 Å². The van der Waals surface area contributed by atoms with Crippen LogP contribution in [-0.2, 0) is 13.6 Å². The minimum atomic E-state index is -0.321. The highest BCUT2D eigenvalue weighted by atomic mass is 16.6. The molecule has 3 aromatic rings. The summed E-state index contributed by atoms with van der Waals surface area (Å²) in [6.45, 7) is 2.32. The quantitative estimate of drug-likeness (QED) is 0.745. The van der Waals surface area contributed by atoms with E-state index in [1.807, 2.05) is 26.1 Å². The number of amides is 1. The first-order chi connectivity index (χ1) is 12.1. The number of aryl methyl sites for hydroxylation is 1. The van der Waals surface area contributed by atoms with Gasteiger partial charge in [0.25, 0.3) is 11.9 Å². The molecule has 130 valence electrons. The van der Waals surface area contributed by atoms with E-state index in [9.17, 15) is 4.79 Å². The van der Waals surface area contributed by atoms with E-state index in [1.54, 1.807) is 42.3 Å². The molecule has 1 amide bonds. The highest BCUT2D eigenvalue weighted by Gasteiger charge is 2.14. The smallest absolute Gasteiger partial charge is 0.290 e. The maximum absolute atomic E-state index is 12.2. The van der Waals surface area contributed by atoms with Crippen LogP contribution >= 0.6 is 0 Å². The van der Waals surface area contributed by atoms with Crippen LogP contribution in [0.1, 0.15) is 21.8 Å². The second kappa shape index (κ2) is 7.12. The first kappa shape index (κ1) is 16.6. The molecule has 0 fully saturated rings. The van der Waals surface area contributed by atoms with Crippen molar-refractivity contribution in [3.05, 3.63) is 59.6 Å². The van der Waals surface area contributed by atoms with Gasteiger partial charge in [0.1, 0.15) is 0 Å². The third-order valence-corrected chi connectivity index (χ3v) is 3.86. The average molecular weight is 341 g/mol. The number of hydrogen-bond donors (Lipinski definition) is 1. The van der Waals surface area contributed by atoms with Gasteiger partial charge in [-0.2, -0.15) is 5.10 Å². The molecule has 2 heterocycles. The number of nitrogens with zero attached hydrogens (tertiary/aromatic N) is 2. The fraction of sp³-hybridized carbons (Fsp3) is 0.222. The SMILES string of the molecule is COc1ccccc1Oc1ccc(C(=O)NCc2cnn(C)c2C)o1. The number of para-hydroxylation sites is 2. The predicted molar refractivity (Wildman–Crippen MR) is 90.9 cm³/mol. The average Bonchev–Trinajstić information content (AvgIpc) is 3.21. The standard InChI is InChI=1S/C18H19N3O4/c1-12-13(11-20-21(12)2)10-19-18(22)16-8-9-17(25-16)24-15-7-5-4-6-14(15)23-3/h4-9,11H,10H2,1-3H3,(H,19,22). The van der Waals surface area contributed by atoms with Crippen LogP contribution in [0.2, 0.25) is 0 Å². The van der Waals surface area contributed by atoms with Gasteiger partial charge in [-0.05, 0) is 25.1 Å². The molecule has 0 aliphatic heterocycles. The lowest BCUT2D eigenvalue weighted by Crippen LogP contribution is -2.22. The number of hydrogen-bond acceptors (Lipinski definition) is 5. The number of methoxy groups -OCH3 is 1. The van der Waals surface area contributed by atoms with Gasteiger partial charge in [0.05, 0.1) is 13.3 Å². The van der Waals surface area contributed by atoms with Crippen molar-refractivity contribution in [3.63, 3.8) is 0 Å². The van der Waals surface area contributed by atoms with Gasteiger partial charge in [0.15, 0.2) is 17.3 Å². The number of carbonyl (C=O) groups excluding carboxylic acids is 1. The van der Waals surface area contributed by atoms with Crippen molar-refractivity contribution in [1.82, 2.24) is 15.1 Å². The second-order valence-corrected chi connectivity index (χ2v) is 5.43. The van der Waals surface area contributed by atoms with Crippen LogP contribution in [0.4, 0.5) is 0 Å². The third-order valence-electron chi connectivity index (χ3n) is 3.86. The van der Waals surface area contributed by atoms with Crippen molar-refractivity contribution in [1.29, 1.82) is 0 Å². The summed E-state index contributed by atoms with van der Waals surface area (Å²) in [4.78, 5) is 12.2.